The third-order valence-electron chi connectivity index (χ3n) is 4.98. The van der Waals surface area contributed by atoms with Crippen molar-refractivity contribution in [2.24, 2.45) is 5.92 Å². The van der Waals surface area contributed by atoms with Crippen molar-refractivity contribution in [1.29, 1.82) is 0 Å². The molecule has 1 amide bonds. The summed E-state index contributed by atoms with van der Waals surface area (Å²) in [6.45, 7) is 6.38. The van der Waals surface area contributed by atoms with Crippen molar-refractivity contribution in [2.45, 2.75) is 39.8 Å². The number of halogens is 1. The van der Waals surface area contributed by atoms with Crippen LogP contribution in [-0.2, 0) is 24.3 Å². The molecule has 0 fully saturated rings. The molecule has 0 radical (unpaired) electrons. The number of hydrogen-bond donors (Lipinski definition) is 0. The standard InChI is InChI=1S/C25H29ClN2O/c1-20(2)17-28(25(29)15-14-21-9-4-3-5-10-21)19-23-12-8-16-27(23)18-22-11-6-7-13-24(22)26/h3-13,16,20H,14-15,17-19H2,1-2H3. The molecule has 1 heterocycles. The van der Waals surface area contributed by atoms with Gasteiger partial charge in [-0.25, -0.2) is 0 Å². The van der Waals surface area contributed by atoms with E-state index in [9.17, 15) is 4.79 Å². The molecule has 2 aromatic carbocycles. The van der Waals surface area contributed by atoms with Crippen LogP contribution in [0.3, 0.4) is 0 Å². The first-order valence-corrected chi connectivity index (χ1v) is 10.6. The summed E-state index contributed by atoms with van der Waals surface area (Å²) in [6, 6.07) is 22.2. The highest BCUT2D eigenvalue weighted by Gasteiger charge is 2.17. The third-order valence-corrected chi connectivity index (χ3v) is 5.35. The second kappa shape index (κ2) is 10.3. The van der Waals surface area contributed by atoms with Crippen molar-refractivity contribution in [2.75, 3.05) is 6.54 Å². The Balaban J connectivity index is 1.69. The predicted octanol–water partition coefficient (Wildman–Crippen LogP) is 5.81. The lowest BCUT2D eigenvalue weighted by molar-refractivity contribution is -0.132. The fraction of sp³-hybridized carbons (Fsp3) is 0.320. The summed E-state index contributed by atoms with van der Waals surface area (Å²) in [5.74, 6) is 0.621. The van der Waals surface area contributed by atoms with Crippen LogP contribution in [-0.4, -0.2) is 21.9 Å². The number of aromatic nitrogens is 1. The molecule has 0 aliphatic heterocycles. The average molecular weight is 409 g/mol. The summed E-state index contributed by atoms with van der Waals surface area (Å²) in [6.07, 6.45) is 3.36. The number of nitrogens with zero attached hydrogens (tertiary/aromatic N) is 2. The second-order valence-electron chi connectivity index (χ2n) is 7.87. The van der Waals surface area contributed by atoms with Gasteiger partial charge in [0.2, 0.25) is 5.91 Å². The third kappa shape index (κ3) is 6.23. The first-order valence-electron chi connectivity index (χ1n) is 10.2. The molecule has 3 nitrogen and oxygen atoms in total. The monoisotopic (exact) mass is 408 g/mol. The molecule has 0 aliphatic rings. The summed E-state index contributed by atoms with van der Waals surface area (Å²) in [7, 11) is 0. The van der Waals surface area contributed by atoms with Crippen LogP contribution in [0.5, 0.6) is 0 Å². The Kier molecular flexibility index (Phi) is 7.54. The number of aryl methyl sites for hydroxylation is 1. The SMILES string of the molecule is CC(C)CN(Cc1cccn1Cc1ccccc1Cl)C(=O)CCc1ccccc1. The maximum Gasteiger partial charge on any atom is 0.223 e. The molecule has 0 bridgehead atoms. The van der Waals surface area contributed by atoms with E-state index in [0.717, 1.165) is 29.2 Å². The van der Waals surface area contributed by atoms with Crippen LogP contribution >= 0.6 is 11.6 Å². The number of rotatable bonds is 9. The van der Waals surface area contributed by atoms with Crippen LogP contribution in [0.25, 0.3) is 0 Å². The molecule has 3 rings (SSSR count). The van der Waals surface area contributed by atoms with Crippen molar-refractivity contribution in [1.82, 2.24) is 9.47 Å². The van der Waals surface area contributed by atoms with Crippen molar-refractivity contribution in [3.63, 3.8) is 0 Å². The highest BCUT2D eigenvalue weighted by atomic mass is 35.5. The zero-order valence-electron chi connectivity index (χ0n) is 17.2. The topological polar surface area (TPSA) is 25.2 Å². The maximum atomic E-state index is 13.0. The predicted molar refractivity (Wildman–Crippen MR) is 120 cm³/mol. The molecule has 0 spiro atoms. The molecule has 0 unspecified atom stereocenters. The van der Waals surface area contributed by atoms with E-state index in [1.165, 1.54) is 5.56 Å². The van der Waals surface area contributed by atoms with E-state index in [-0.39, 0.29) is 5.91 Å². The molecule has 0 saturated carbocycles. The molecule has 0 atom stereocenters. The molecule has 0 aliphatic carbocycles. The fourth-order valence-corrected chi connectivity index (χ4v) is 3.70. The van der Waals surface area contributed by atoms with Crippen LogP contribution in [0.2, 0.25) is 5.02 Å². The molecule has 0 saturated heterocycles. The summed E-state index contributed by atoms with van der Waals surface area (Å²) in [5, 5.41) is 0.769. The van der Waals surface area contributed by atoms with Gasteiger partial charge < -0.3 is 9.47 Å². The summed E-state index contributed by atoms with van der Waals surface area (Å²) < 4.78 is 2.18. The van der Waals surface area contributed by atoms with Gasteiger partial charge in [-0.15, -0.1) is 0 Å². The van der Waals surface area contributed by atoms with Crippen LogP contribution in [0.15, 0.2) is 72.9 Å². The summed E-state index contributed by atoms with van der Waals surface area (Å²) in [4.78, 5) is 15.0. The largest absolute Gasteiger partial charge is 0.345 e. The minimum atomic E-state index is 0.202. The minimum Gasteiger partial charge on any atom is -0.345 e. The van der Waals surface area contributed by atoms with E-state index in [1.807, 2.05) is 53.4 Å². The average Bonchev–Trinajstić information content (AvgIpc) is 3.14. The highest BCUT2D eigenvalue weighted by molar-refractivity contribution is 6.31. The number of benzene rings is 2. The van der Waals surface area contributed by atoms with Gasteiger partial charge in [-0.2, -0.15) is 0 Å². The number of carbonyl (C=O) groups excluding carboxylic acids is 1. The van der Waals surface area contributed by atoms with Crippen LogP contribution in [0.4, 0.5) is 0 Å². The Labute approximate surface area is 178 Å². The maximum absolute atomic E-state index is 13.0. The fourth-order valence-electron chi connectivity index (χ4n) is 3.50. The normalized spacial score (nSPS) is 11.0. The quantitative estimate of drug-likeness (QED) is 0.438. The van der Waals surface area contributed by atoms with Gasteiger partial charge >= 0.3 is 0 Å². The van der Waals surface area contributed by atoms with Crippen molar-refractivity contribution in [3.8, 4) is 0 Å². The lowest BCUT2D eigenvalue weighted by atomic mass is 10.1. The first kappa shape index (κ1) is 21.2. The van der Waals surface area contributed by atoms with E-state index in [1.54, 1.807) is 0 Å². The Morgan fingerprint density at radius 2 is 1.72 bits per heavy atom. The molecular weight excluding hydrogens is 380 g/mol. The lowest BCUT2D eigenvalue weighted by Crippen LogP contribution is -2.34. The van der Waals surface area contributed by atoms with Crippen LogP contribution in [0.1, 0.15) is 37.1 Å². The second-order valence-corrected chi connectivity index (χ2v) is 8.28. The van der Waals surface area contributed by atoms with Gasteiger partial charge in [-0.05, 0) is 41.7 Å². The van der Waals surface area contributed by atoms with Gasteiger partial charge in [0.1, 0.15) is 0 Å². The van der Waals surface area contributed by atoms with Gasteiger partial charge in [0.15, 0.2) is 0 Å². The van der Waals surface area contributed by atoms with Crippen LogP contribution < -0.4 is 0 Å². The molecular formula is C25H29ClN2O. The van der Waals surface area contributed by atoms with E-state index >= 15 is 0 Å². The van der Waals surface area contributed by atoms with Gasteiger partial charge in [0, 0.05) is 36.4 Å². The van der Waals surface area contributed by atoms with E-state index in [4.69, 9.17) is 11.6 Å². The first-order chi connectivity index (χ1) is 14.0. The Hall–Kier alpha value is -2.52. The van der Waals surface area contributed by atoms with Crippen molar-refractivity contribution in [3.05, 3.63) is 94.8 Å². The Morgan fingerprint density at radius 3 is 2.45 bits per heavy atom. The highest BCUT2D eigenvalue weighted by Crippen LogP contribution is 2.19. The van der Waals surface area contributed by atoms with Crippen molar-refractivity contribution >= 4 is 17.5 Å². The zero-order chi connectivity index (χ0) is 20.6. The van der Waals surface area contributed by atoms with E-state index in [2.05, 4.69) is 42.8 Å². The lowest BCUT2D eigenvalue weighted by Gasteiger charge is -2.25. The molecule has 1 aromatic heterocycles. The summed E-state index contributed by atoms with van der Waals surface area (Å²) in [5.41, 5.74) is 3.41. The van der Waals surface area contributed by atoms with Gasteiger partial charge in [-0.3, -0.25) is 4.79 Å². The minimum absolute atomic E-state index is 0.202. The van der Waals surface area contributed by atoms with Gasteiger partial charge in [0.25, 0.3) is 0 Å². The molecule has 29 heavy (non-hydrogen) atoms. The number of hydrogen-bond acceptors (Lipinski definition) is 1. The Bertz CT molecular complexity index is 917. The Morgan fingerprint density at radius 1 is 1.00 bits per heavy atom. The molecule has 152 valence electrons. The number of amides is 1. The van der Waals surface area contributed by atoms with Gasteiger partial charge in [0.05, 0.1) is 6.54 Å². The number of carbonyl (C=O) groups is 1. The zero-order valence-corrected chi connectivity index (χ0v) is 18.0. The van der Waals surface area contributed by atoms with E-state index in [0.29, 0.717) is 25.4 Å². The van der Waals surface area contributed by atoms with Crippen LogP contribution in [0, 0.1) is 5.92 Å². The smallest absolute Gasteiger partial charge is 0.223 e. The molecule has 0 N–H and O–H groups in total. The van der Waals surface area contributed by atoms with E-state index < -0.39 is 0 Å². The van der Waals surface area contributed by atoms with Gasteiger partial charge in [-0.1, -0.05) is 74.0 Å². The molecule has 3 aromatic rings. The summed E-state index contributed by atoms with van der Waals surface area (Å²) >= 11 is 6.34. The van der Waals surface area contributed by atoms with Crippen molar-refractivity contribution < 1.29 is 4.79 Å². The molecule has 4 heteroatoms.